The summed E-state index contributed by atoms with van der Waals surface area (Å²) in [6.45, 7) is 5.18. The minimum absolute atomic E-state index is 0.161. The highest BCUT2D eigenvalue weighted by Gasteiger charge is 2.34. The minimum Gasteiger partial charge on any atom is -0.493 e. The number of nitrogens with two attached hydrogens (primary N) is 1. The SMILES string of the molecule is Cc1cc(C)c(OCC2CCC2)c(C2(N)CCCC2)c1. The molecule has 1 aromatic carbocycles. The van der Waals surface area contributed by atoms with Crippen LogP contribution in [0.5, 0.6) is 5.75 Å². The number of aryl methyl sites for hydroxylation is 2. The molecule has 3 rings (SSSR count). The summed E-state index contributed by atoms with van der Waals surface area (Å²) in [6, 6.07) is 4.48. The summed E-state index contributed by atoms with van der Waals surface area (Å²) in [7, 11) is 0. The number of hydrogen-bond acceptors (Lipinski definition) is 2. The molecule has 110 valence electrons. The summed E-state index contributed by atoms with van der Waals surface area (Å²) in [4.78, 5) is 0. The van der Waals surface area contributed by atoms with Gasteiger partial charge in [-0.1, -0.05) is 37.0 Å². The van der Waals surface area contributed by atoms with Crippen LogP contribution in [0.1, 0.15) is 61.6 Å². The third-order valence-corrected chi connectivity index (χ3v) is 5.14. The second kappa shape index (κ2) is 5.40. The molecule has 0 radical (unpaired) electrons. The van der Waals surface area contributed by atoms with Crippen LogP contribution < -0.4 is 10.5 Å². The van der Waals surface area contributed by atoms with Gasteiger partial charge in [0.25, 0.3) is 0 Å². The molecule has 2 heteroatoms. The number of ether oxygens (including phenoxy) is 1. The molecule has 2 fully saturated rings. The minimum atomic E-state index is -0.161. The molecule has 0 aliphatic heterocycles. The van der Waals surface area contributed by atoms with Gasteiger partial charge in [-0.2, -0.15) is 0 Å². The van der Waals surface area contributed by atoms with Crippen LogP contribution in [-0.4, -0.2) is 6.61 Å². The number of benzene rings is 1. The Morgan fingerprint density at radius 3 is 2.45 bits per heavy atom. The molecular weight excluding hydrogens is 246 g/mol. The largest absolute Gasteiger partial charge is 0.493 e. The maximum atomic E-state index is 6.69. The summed E-state index contributed by atoms with van der Waals surface area (Å²) in [5.74, 6) is 1.84. The van der Waals surface area contributed by atoms with Crippen molar-refractivity contribution in [1.29, 1.82) is 0 Å². The third kappa shape index (κ3) is 2.58. The van der Waals surface area contributed by atoms with E-state index in [1.54, 1.807) is 0 Å². The lowest BCUT2D eigenvalue weighted by atomic mass is 9.85. The highest BCUT2D eigenvalue weighted by Crippen LogP contribution is 2.42. The molecule has 0 aromatic heterocycles. The van der Waals surface area contributed by atoms with Crippen LogP contribution in [-0.2, 0) is 5.54 Å². The second-order valence-corrected chi connectivity index (χ2v) is 6.93. The highest BCUT2D eigenvalue weighted by atomic mass is 16.5. The second-order valence-electron chi connectivity index (χ2n) is 6.93. The standard InChI is InChI=1S/C18H27NO/c1-13-10-14(2)17(20-12-15-6-5-7-15)16(11-13)18(19)8-3-4-9-18/h10-11,15H,3-9,12,19H2,1-2H3. The van der Waals surface area contributed by atoms with Gasteiger partial charge in [-0.15, -0.1) is 0 Å². The van der Waals surface area contributed by atoms with Crippen molar-refractivity contribution in [3.63, 3.8) is 0 Å². The van der Waals surface area contributed by atoms with Gasteiger partial charge in [0.05, 0.1) is 6.61 Å². The van der Waals surface area contributed by atoms with Gasteiger partial charge in [0.15, 0.2) is 0 Å². The monoisotopic (exact) mass is 273 g/mol. The normalized spacial score (nSPS) is 21.8. The molecule has 0 saturated heterocycles. The van der Waals surface area contributed by atoms with Crippen molar-refractivity contribution >= 4 is 0 Å². The Morgan fingerprint density at radius 2 is 1.85 bits per heavy atom. The van der Waals surface area contributed by atoms with Crippen LogP contribution in [0.15, 0.2) is 12.1 Å². The smallest absolute Gasteiger partial charge is 0.127 e. The molecular formula is C18H27NO. The molecule has 0 unspecified atom stereocenters. The molecule has 2 aliphatic rings. The van der Waals surface area contributed by atoms with E-state index in [-0.39, 0.29) is 5.54 Å². The molecule has 2 N–H and O–H groups in total. The molecule has 0 bridgehead atoms. The quantitative estimate of drug-likeness (QED) is 0.892. The van der Waals surface area contributed by atoms with E-state index in [2.05, 4.69) is 26.0 Å². The van der Waals surface area contributed by atoms with E-state index in [0.29, 0.717) is 0 Å². The first kappa shape index (κ1) is 13.9. The zero-order valence-electron chi connectivity index (χ0n) is 12.9. The molecule has 2 saturated carbocycles. The molecule has 2 nitrogen and oxygen atoms in total. The van der Waals surface area contributed by atoms with E-state index in [0.717, 1.165) is 31.1 Å². The molecule has 20 heavy (non-hydrogen) atoms. The van der Waals surface area contributed by atoms with Crippen molar-refractivity contribution in [1.82, 2.24) is 0 Å². The topological polar surface area (TPSA) is 35.2 Å². The molecule has 0 spiro atoms. The fraction of sp³-hybridized carbons (Fsp3) is 0.667. The summed E-state index contributed by atoms with van der Waals surface area (Å²) in [5, 5.41) is 0. The Balaban J connectivity index is 1.89. The molecule has 1 aromatic rings. The van der Waals surface area contributed by atoms with Gasteiger partial charge >= 0.3 is 0 Å². The molecule has 0 amide bonds. The van der Waals surface area contributed by atoms with Crippen LogP contribution >= 0.6 is 0 Å². The first-order valence-corrected chi connectivity index (χ1v) is 8.12. The van der Waals surface area contributed by atoms with Crippen LogP contribution in [0.4, 0.5) is 0 Å². The van der Waals surface area contributed by atoms with Crippen LogP contribution in [0, 0.1) is 19.8 Å². The average Bonchev–Trinajstić information content (AvgIpc) is 2.77. The van der Waals surface area contributed by atoms with E-state index in [1.165, 1.54) is 48.8 Å². The Labute approximate surface area is 122 Å². The Morgan fingerprint density at radius 1 is 1.15 bits per heavy atom. The lowest BCUT2D eigenvalue weighted by Gasteiger charge is -2.31. The summed E-state index contributed by atoms with van der Waals surface area (Å²) < 4.78 is 6.22. The van der Waals surface area contributed by atoms with Crippen LogP contribution in [0.25, 0.3) is 0 Å². The lowest BCUT2D eigenvalue weighted by molar-refractivity contribution is 0.176. The van der Waals surface area contributed by atoms with Crippen molar-refractivity contribution in [2.75, 3.05) is 6.61 Å². The van der Waals surface area contributed by atoms with Crippen molar-refractivity contribution < 1.29 is 4.74 Å². The summed E-state index contributed by atoms with van der Waals surface area (Å²) >= 11 is 0. The fourth-order valence-electron chi connectivity index (χ4n) is 3.65. The Hall–Kier alpha value is -1.02. The van der Waals surface area contributed by atoms with Crippen LogP contribution in [0.2, 0.25) is 0 Å². The summed E-state index contributed by atoms with van der Waals surface area (Å²) in [6.07, 6.45) is 8.69. The zero-order chi connectivity index (χ0) is 14.2. The van der Waals surface area contributed by atoms with Crippen molar-refractivity contribution in [3.8, 4) is 5.75 Å². The zero-order valence-corrected chi connectivity index (χ0v) is 12.9. The lowest BCUT2D eigenvalue weighted by Crippen LogP contribution is -2.34. The van der Waals surface area contributed by atoms with E-state index >= 15 is 0 Å². The van der Waals surface area contributed by atoms with Gasteiger partial charge in [-0.05, 0) is 51.0 Å². The number of rotatable bonds is 4. The van der Waals surface area contributed by atoms with Gasteiger partial charge < -0.3 is 10.5 Å². The molecule has 0 atom stereocenters. The maximum absolute atomic E-state index is 6.69. The first-order chi connectivity index (χ1) is 9.58. The van der Waals surface area contributed by atoms with E-state index in [1.807, 2.05) is 0 Å². The summed E-state index contributed by atoms with van der Waals surface area (Å²) in [5.41, 5.74) is 10.3. The van der Waals surface area contributed by atoms with Crippen molar-refractivity contribution in [2.24, 2.45) is 11.7 Å². The van der Waals surface area contributed by atoms with Gasteiger partial charge in [0.2, 0.25) is 0 Å². The Bertz CT molecular complexity index is 484. The van der Waals surface area contributed by atoms with Gasteiger partial charge in [0, 0.05) is 11.1 Å². The van der Waals surface area contributed by atoms with E-state index in [4.69, 9.17) is 10.5 Å². The average molecular weight is 273 g/mol. The predicted molar refractivity (Wildman–Crippen MR) is 83.1 cm³/mol. The van der Waals surface area contributed by atoms with Crippen molar-refractivity contribution in [3.05, 3.63) is 28.8 Å². The Kier molecular flexibility index (Phi) is 3.76. The first-order valence-electron chi connectivity index (χ1n) is 8.12. The van der Waals surface area contributed by atoms with Crippen LogP contribution in [0.3, 0.4) is 0 Å². The van der Waals surface area contributed by atoms with Crippen molar-refractivity contribution in [2.45, 2.75) is 64.3 Å². The fourth-order valence-corrected chi connectivity index (χ4v) is 3.65. The molecule has 0 heterocycles. The van der Waals surface area contributed by atoms with E-state index in [9.17, 15) is 0 Å². The van der Waals surface area contributed by atoms with Gasteiger partial charge in [-0.3, -0.25) is 0 Å². The highest BCUT2D eigenvalue weighted by molar-refractivity contribution is 5.48. The third-order valence-electron chi connectivity index (χ3n) is 5.14. The number of hydrogen-bond donors (Lipinski definition) is 1. The van der Waals surface area contributed by atoms with Gasteiger partial charge in [-0.25, -0.2) is 0 Å². The predicted octanol–water partition coefficient (Wildman–Crippen LogP) is 4.21. The molecule has 2 aliphatic carbocycles. The van der Waals surface area contributed by atoms with Gasteiger partial charge in [0.1, 0.15) is 5.75 Å². The maximum Gasteiger partial charge on any atom is 0.127 e. The van der Waals surface area contributed by atoms with E-state index < -0.39 is 0 Å².